The first kappa shape index (κ1) is 20.4. The van der Waals surface area contributed by atoms with Crippen LogP contribution in [-0.4, -0.2) is 18.4 Å². The average molecular weight is 444 g/mol. The first-order valence-electron chi connectivity index (χ1n) is 7.89. The molecule has 1 aliphatic heterocycles. The number of benzene rings is 2. The fourth-order valence-electron chi connectivity index (χ4n) is 2.86. The Hall–Kier alpha value is -2.29. The largest absolute Gasteiger partial charge is 0.340 e. The van der Waals surface area contributed by atoms with Crippen molar-refractivity contribution >= 4 is 45.4 Å². The Labute approximate surface area is 171 Å². The Bertz CT molecular complexity index is 1160. The summed E-state index contributed by atoms with van der Waals surface area (Å²) in [6.45, 7) is 0. The molecule has 2 aromatic carbocycles. The van der Waals surface area contributed by atoms with E-state index in [4.69, 9.17) is 11.6 Å². The minimum atomic E-state index is -3.38. The molecule has 0 spiro atoms. The molecule has 1 aromatic heterocycles. The molecule has 146 valence electrons. The summed E-state index contributed by atoms with van der Waals surface area (Å²) in [6, 6.07) is 10.7. The lowest BCUT2D eigenvalue weighted by Crippen LogP contribution is -2.04. The third-order valence-corrected chi connectivity index (χ3v) is 5.83. The van der Waals surface area contributed by atoms with Crippen LogP contribution in [0.5, 0.6) is 0 Å². The second-order valence-electron chi connectivity index (χ2n) is 6.09. The minimum absolute atomic E-state index is 0. The number of fused-ring (bicyclic) bond motifs is 1. The monoisotopic (exact) mass is 443 g/mol. The van der Waals surface area contributed by atoms with Gasteiger partial charge in [0.15, 0.2) is 15.7 Å². The summed E-state index contributed by atoms with van der Waals surface area (Å²) < 4.78 is 52.2. The molecule has 0 radical (unpaired) electrons. The van der Waals surface area contributed by atoms with Gasteiger partial charge in [-0.05, 0) is 24.3 Å². The molecule has 0 aliphatic carbocycles. The van der Waals surface area contributed by atoms with Gasteiger partial charge in [0, 0.05) is 11.3 Å². The molecule has 1 aliphatic rings. The number of nitrogens with one attached hydrogen (secondary N) is 1. The molecule has 0 saturated carbocycles. The Morgan fingerprint density at radius 2 is 1.71 bits per heavy atom. The van der Waals surface area contributed by atoms with Crippen molar-refractivity contribution in [2.75, 3.05) is 5.32 Å². The van der Waals surface area contributed by atoms with Crippen LogP contribution in [-0.2, 0) is 21.3 Å². The van der Waals surface area contributed by atoms with Gasteiger partial charge in [-0.1, -0.05) is 29.8 Å². The van der Waals surface area contributed by atoms with Gasteiger partial charge in [-0.15, -0.1) is 12.4 Å². The van der Waals surface area contributed by atoms with Crippen molar-refractivity contribution in [1.29, 1.82) is 0 Å². The number of aromatic nitrogens is 2. The highest BCUT2D eigenvalue weighted by molar-refractivity contribution is 7.90. The van der Waals surface area contributed by atoms with E-state index >= 15 is 0 Å². The topological polar surface area (TPSA) is 72.0 Å². The fraction of sp³-hybridized carbons (Fsp3) is 0.111. The summed E-state index contributed by atoms with van der Waals surface area (Å²) in [5, 5.41) is 2.68. The molecule has 0 atom stereocenters. The van der Waals surface area contributed by atoms with Gasteiger partial charge in [0.25, 0.3) is 0 Å². The number of hydrogen-bond acceptors (Lipinski definition) is 5. The molecule has 5 nitrogen and oxygen atoms in total. The van der Waals surface area contributed by atoms with Crippen LogP contribution >= 0.6 is 24.0 Å². The van der Waals surface area contributed by atoms with E-state index in [2.05, 4.69) is 15.3 Å². The van der Waals surface area contributed by atoms with Gasteiger partial charge >= 0.3 is 0 Å². The summed E-state index contributed by atoms with van der Waals surface area (Å²) in [7, 11) is -3.38. The molecular weight excluding hydrogens is 431 g/mol. The molecule has 0 unspecified atom stereocenters. The van der Waals surface area contributed by atoms with Gasteiger partial charge < -0.3 is 5.32 Å². The van der Waals surface area contributed by atoms with Crippen molar-refractivity contribution in [2.45, 2.75) is 11.5 Å². The Morgan fingerprint density at radius 1 is 1.00 bits per heavy atom. The van der Waals surface area contributed by atoms with E-state index < -0.39 is 21.5 Å². The van der Waals surface area contributed by atoms with E-state index in [1.165, 1.54) is 0 Å². The lowest BCUT2D eigenvalue weighted by molar-refractivity contribution is 0.597. The molecule has 0 fully saturated rings. The maximum absolute atomic E-state index is 14.3. The van der Waals surface area contributed by atoms with Crippen LogP contribution < -0.4 is 5.32 Å². The van der Waals surface area contributed by atoms with E-state index in [-0.39, 0.29) is 51.8 Å². The highest BCUT2D eigenvalue weighted by atomic mass is 35.5. The Kier molecular flexibility index (Phi) is 5.56. The smallest absolute Gasteiger partial charge is 0.164 e. The zero-order valence-corrected chi connectivity index (χ0v) is 16.5. The number of hydrogen-bond donors (Lipinski definition) is 1. The highest BCUT2D eigenvalue weighted by Crippen LogP contribution is 2.34. The molecule has 2 heterocycles. The van der Waals surface area contributed by atoms with Crippen LogP contribution in [0, 0.1) is 11.6 Å². The molecule has 0 amide bonds. The van der Waals surface area contributed by atoms with Gasteiger partial charge in [0.1, 0.15) is 17.5 Å². The summed E-state index contributed by atoms with van der Waals surface area (Å²) in [6.07, 6.45) is 0. The van der Waals surface area contributed by atoms with Crippen molar-refractivity contribution in [3.8, 4) is 11.4 Å². The van der Waals surface area contributed by atoms with Crippen LogP contribution in [0.2, 0.25) is 5.02 Å². The SMILES string of the molecule is Cl.O=S1(=O)Cc2nc(-c3cc(F)c(Cl)cc3F)nc(Nc3ccccc3)c2C1. The minimum Gasteiger partial charge on any atom is -0.340 e. The van der Waals surface area contributed by atoms with E-state index in [0.717, 1.165) is 12.1 Å². The van der Waals surface area contributed by atoms with Crippen LogP contribution in [0.3, 0.4) is 0 Å². The van der Waals surface area contributed by atoms with E-state index in [9.17, 15) is 17.2 Å². The predicted molar refractivity (Wildman–Crippen MR) is 106 cm³/mol. The van der Waals surface area contributed by atoms with Crippen molar-refractivity contribution in [2.24, 2.45) is 0 Å². The predicted octanol–water partition coefficient (Wildman–Crippen LogP) is 4.67. The quantitative estimate of drug-likeness (QED) is 0.595. The van der Waals surface area contributed by atoms with Gasteiger partial charge in [-0.25, -0.2) is 27.2 Å². The molecule has 4 rings (SSSR count). The molecule has 28 heavy (non-hydrogen) atoms. The zero-order chi connectivity index (χ0) is 19.2. The number of para-hydroxylation sites is 1. The summed E-state index contributed by atoms with van der Waals surface area (Å²) >= 11 is 5.60. The summed E-state index contributed by atoms with van der Waals surface area (Å²) in [5.41, 5.74) is 1.18. The van der Waals surface area contributed by atoms with Crippen LogP contribution in [0.15, 0.2) is 42.5 Å². The number of nitrogens with zero attached hydrogens (tertiary/aromatic N) is 2. The van der Waals surface area contributed by atoms with Gasteiger partial charge in [-0.3, -0.25) is 0 Å². The normalized spacial score (nSPS) is 14.2. The lowest BCUT2D eigenvalue weighted by atomic mass is 10.1. The molecule has 0 bridgehead atoms. The van der Waals surface area contributed by atoms with Crippen LogP contribution in [0.25, 0.3) is 11.4 Å². The molecule has 3 aromatic rings. The Morgan fingerprint density at radius 3 is 2.43 bits per heavy atom. The van der Waals surface area contributed by atoms with Crippen LogP contribution in [0.4, 0.5) is 20.3 Å². The fourth-order valence-corrected chi connectivity index (χ4v) is 4.51. The van der Waals surface area contributed by atoms with E-state index in [1.54, 1.807) is 24.3 Å². The van der Waals surface area contributed by atoms with Gasteiger partial charge in [0.2, 0.25) is 0 Å². The first-order chi connectivity index (χ1) is 12.8. The van der Waals surface area contributed by atoms with Crippen molar-refractivity contribution in [1.82, 2.24) is 9.97 Å². The average Bonchev–Trinajstić information content (AvgIpc) is 2.93. The summed E-state index contributed by atoms with van der Waals surface area (Å²) in [5.74, 6) is -1.97. The van der Waals surface area contributed by atoms with Gasteiger partial charge in [-0.2, -0.15) is 0 Å². The zero-order valence-electron chi connectivity index (χ0n) is 14.1. The summed E-state index contributed by atoms with van der Waals surface area (Å²) in [4.78, 5) is 8.44. The van der Waals surface area contributed by atoms with Crippen molar-refractivity contribution in [3.63, 3.8) is 0 Å². The van der Waals surface area contributed by atoms with E-state index in [0.29, 0.717) is 11.3 Å². The number of halogens is 4. The maximum Gasteiger partial charge on any atom is 0.164 e. The lowest BCUT2D eigenvalue weighted by Gasteiger charge is -2.12. The van der Waals surface area contributed by atoms with E-state index in [1.807, 2.05) is 6.07 Å². The maximum atomic E-state index is 14.3. The second-order valence-corrected chi connectivity index (χ2v) is 8.56. The standard InChI is InChI=1S/C18H12ClF2N3O2S.ClH/c19-13-7-14(20)11(6-15(13)21)17-23-16-9-27(25,26)8-12(16)18(24-17)22-10-4-2-1-3-5-10;/h1-7H,8-9H2,(H,22,23,24);1H. The van der Waals surface area contributed by atoms with Gasteiger partial charge in [0.05, 0.1) is 27.8 Å². The Balaban J connectivity index is 0.00000225. The second kappa shape index (κ2) is 7.62. The number of rotatable bonds is 3. The van der Waals surface area contributed by atoms with Crippen molar-refractivity contribution < 1.29 is 17.2 Å². The number of anilines is 2. The number of sulfone groups is 1. The molecule has 1 N–H and O–H groups in total. The third kappa shape index (κ3) is 3.94. The van der Waals surface area contributed by atoms with Crippen LogP contribution in [0.1, 0.15) is 11.3 Å². The molecule has 0 saturated heterocycles. The highest BCUT2D eigenvalue weighted by Gasteiger charge is 2.31. The molecule has 10 heteroatoms. The molecular formula is C18H13Cl2F2N3O2S. The third-order valence-electron chi connectivity index (χ3n) is 4.10. The van der Waals surface area contributed by atoms with Crippen molar-refractivity contribution in [3.05, 3.63) is 70.4 Å². The first-order valence-corrected chi connectivity index (χ1v) is 10.1.